The molecule has 0 aliphatic rings. The predicted molar refractivity (Wildman–Crippen MR) is 92.2 cm³/mol. The van der Waals surface area contributed by atoms with Crippen molar-refractivity contribution in [3.8, 4) is 5.75 Å². The van der Waals surface area contributed by atoms with E-state index in [0.717, 1.165) is 22.2 Å². The number of H-pyrrole nitrogens is 1. The van der Waals surface area contributed by atoms with Crippen molar-refractivity contribution in [2.45, 2.75) is 13.3 Å². The van der Waals surface area contributed by atoms with E-state index in [1.165, 1.54) is 0 Å². The number of rotatable bonds is 6. The smallest absolute Gasteiger partial charge is 0.228 e. The Morgan fingerprint density at radius 1 is 1.38 bits per heavy atom. The third-order valence-corrected chi connectivity index (χ3v) is 3.70. The summed E-state index contributed by atoms with van der Waals surface area (Å²) in [5.74, 6) is 0.605. The van der Waals surface area contributed by atoms with Crippen LogP contribution in [-0.4, -0.2) is 34.2 Å². The Morgan fingerprint density at radius 3 is 3.04 bits per heavy atom. The zero-order valence-electron chi connectivity index (χ0n) is 13.4. The molecule has 0 saturated heterocycles. The molecule has 3 N–H and O–H groups in total. The standard InChI is InChI=1S/C18H19N3O3/c1-12-9-14(4-5-16(12)24-8-7-22)21-17(23)10-13-11-20-18-15(13)3-2-6-19-18/h2-6,9,11,22H,7-8,10H2,1H3,(H,19,20)(H,21,23). The van der Waals surface area contributed by atoms with E-state index in [1.807, 2.05) is 31.3 Å². The minimum absolute atomic E-state index is 0.0304. The third kappa shape index (κ3) is 3.55. The molecule has 1 amide bonds. The van der Waals surface area contributed by atoms with Crippen molar-refractivity contribution >= 4 is 22.6 Å². The van der Waals surface area contributed by atoms with E-state index in [0.29, 0.717) is 11.4 Å². The first kappa shape index (κ1) is 16.0. The Hall–Kier alpha value is -2.86. The van der Waals surface area contributed by atoms with E-state index in [4.69, 9.17) is 9.84 Å². The van der Waals surface area contributed by atoms with E-state index >= 15 is 0 Å². The number of aromatic amines is 1. The number of aliphatic hydroxyl groups is 1. The van der Waals surface area contributed by atoms with Crippen LogP contribution in [0, 0.1) is 6.92 Å². The summed E-state index contributed by atoms with van der Waals surface area (Å²) in [6, 6.07) is 9.22. The quantitative estimate of drug-likeness (QED) is 0.649. The van der Waals surface area contributed by atoms with Gasteiger partial charge in [-0.3, -0.25) is 4.79 Å². The van der Waals surface area contributed by atoms with Crippen molar-refractivity contribution in [3.63, 3.8) is 0 Å². The van der Waals surface area contributed by atoms with Gasteiger partial charge in [0.05, 0.1) is 13.0 Å². The molecular weight excluding hydrogens is 306 g/mol. The van der Waals surface area contributed by atoms with Crippen LogP contribution in [0.15, 0.2) is 42.7 Å². The molecule has 6 heteroatoms. The van der Waals surface area contributed by atoms with Crippen molar-refractivity contribution in [1.29, 1.82) is 0 Å². The van der Waals surface area contributed by atoms with Gasteiger partial charge in [-0.1, -0.05) is 0 Å². The number of carbonyl (C=O) groups is 1. The molecule has 0 atom stereocenters. The first-order chi connectivity index (χ1) is 11.7. The molecule has 0 spiro atoms. The fourth-order valence-corrected chi connectivity index (χ4v) is 2.58. The SMILES string of the molecule is Cc1cc(NC(=O)Cc2c[nH]c3ncccc23)ccc1OCCO. The van der Waals surface area contributed by atoms with Crippen molar-refractivity contribution in [3.05, 3.63) is 53.9 Å². The molecule has 0 aliphatic heterocycles. The monoisotopic (exact) mass is 325 g/mol. The number of fused-ring (bicyclic) bond motifs is 1. The lowest BCUT2D eigenvalue weighted by Crippen LogP contribution is -2.14. The van der Waals surface area contributed by atoms with Crippen LogP contribution in [0.25, 0.3) is 11.0 Å². The van der Waals surface area contributed by atoms with E-state index in [1.54, 1.807) is 18.3 Å². The van der Waals surface area contributed by atoms with Gasteiger partial charge in [-0.25, -0.2) is 4.98 Å². The number of nitrogens with zero attached hydrogens (tertiary/aromatic N) is 1. The van der Waals surface area contributed by atoms with Crippen LogP contribution >= 0.6 is 0 Å². The fourth-order valence-electron chi connectivity index (χ4n) is 2.58. The second-order valence-corrected chi connectivity index (χ2v) is 5.49. The van der Waals surface area contributed by atoms with E-state index in [-0.39, 0.29) is 25.5 Å². The molecule has 3 rings (SSSR count). The maximum atomic E-state index is 12.3. The Morgan fingerprint density at radius 2 is 2.25 bits per heavy atom. The first-order valence-corrected chi connectivity index (χ1v) is 7.72. The Balaban J connectivity index is 1.67. The molecule has 0 unspecified atom stereocenters. The van der Waals surface area contributed by atoms with E-state index in [2.05, 4.69) is 15.3 Å². The number of anilines is 1. The lowest BCUT2D eigenvalue weighted by molar-refractivity contribution is -0.115. The van der Waals surface area contributed by atoms with Gasteiger partial charge in [0, 0.05) is 23.5 Å². The maximum absolute atomic E-state index is 12.3. The minimum atomic E-state index is -0.0943. The topological polar surface area (TPSA) is 87.2 Å². The van der Waals surface area contributed by atoms with Gasteiger partial charge >= 0.3 is 0 Å². The van der Waals surface area contributed by atoms with Gasteiger partial charge in [0.2, 0.25) is 5.91 Å². The number of amides is 1. The number of carbonyl (C=O) groups excluding carboxylic acids is 1. The van der Waals surface area contributed by atoms with Crippen LogP contribution in [0.1, 0.15) is 11.1 Å². The molecular formula is C18H19N3O3. The average Bonchev–Trinajstić information content (AvgIpc) is 2.97. The molecule has 24 heavy (non-hydrogen) atoms. The van der Waals surface area contributed by atoms with Gasteiger partial charge in [-0.05, 0) is 48.4 Å². The molecule has 0 aliphatic carbocycles. The molecule has 2 heterocycles. The van der Waals surface area contributed by atoms with Gasteiger partial charge in [0.1, 0.15) is 18.0 Å². The summed E-state index contributed by atoms with van der Waals surface area (Å²) in [6.45, 7) is 2.12. The van der Waals surface area contributed by atoms with Gasteiger partial charge in [0.15, 0.2) is 0 Å². The summed E-state index contributed by atoms with van der Waals surface area (Å²) in [6.07, 6.45) is 3.80. The largest absolute Gasteiger partial charge is 0.491 e. The Labute approximate surface area is 139 Å². The Kier molecular flexibility index (Phi) is 4.77. The molecule has 0 fully saturated rings. The summed E-state index contributed by atoms with van der Waals surface area (Å²) in [4.78, 5) is 19.6. The van der Waals surface area contributed by atoms with Crippen LogP contribution < -0.4 is 10.1 Å². The highest BCUT2D eigenvalue weighted by molar-refractivity contribution is 5.95. The van der Waals surface area contributed by atoms with Crippen molar-refractivity contribution in [2.75, 3.05) is 18.5 Å². The number of benzene rings is 1. The van der Waals surface area contributed by atoms with Crippen molar-refractivity contribution < 1.29 is 14.6 Å². The second kappa shape index (κ2) is 7.14. The molecule has 0 bridgehead atoms. The third-order valence-electron chi connectivity index (χ3n) is 3.70. The minimum Gasteiger partial charge on any atom is -0.491 e. The fraction of sp³-hybridized carbons (Fsp3) is 0.222. The van der Waals surface area contributed by atoms with Crippen molar-refractivity contribution in [1.82, 2.24) is 9.97 Å². The summed E-state index contributed by atoms with van der Waals surface area (Å²) < 4.78 is 5.41. The van der Waals surface area contributed by atoms with Gasteiger partial charge in [0.25, 0.3) is 0 Å². The number of nitrogens with one attached hydrogen (secondary N) is 2. The molecule has 124 valence electrons. The maximum Gasteiger partial charge on any atom is 0.228 e. The van der Waals surface area contributed by atoms with Crippen molar-refractivity contribution in [2.24, 2.45) is 0 Å². The average molecular weight is 325 g/mol. The second-order valence-electron chi connectivity index (χ2n) is 5.49. The summed E-state index contributed by atoms with van der Waals surface area (Å²) in [7, 11) is 0. The lowest BCUT2D eigenvalue weighted by atomic mass is 10.1. The van der Waals surface area contributed by atoms with Crippen LogP contribution in [0.5, 0.6) is 5.75 Å². The molecule has 1 aromatic carbocycles. The number of hydrogen-bond acceptors (Lipinski definition) is 4. The number of aryl methyl sites for hydroxylation is 1. The highest BCUT2D eigenvalue weighted by Crippen LogP contribution is 2.22. The molecule has 6 nitrogen and oxygen atoms in total. The summed E-state index contributed by atoms with van der Waals surface area (Å²) >= 11 is 0. The number of aromatic nitrogens is 2. The number of ether oxygens (including phenoxy) is 1. The number of pyridine rings is 1. The van der Waals surface area contributed by atoms with E-state index in [9.17, 15) is 4.79 Å². The van der Waals surface area contributed by atoms with Gasteiger partial charge in [-0.2, -0.15) is 0 Å². The zero-order chi connectivity index (χ0) is 16.9. The van der Waals surface area contributed by atoms with Crippen LogP contribution in [0.3, 0.4) is 0 Å². The molecule has 2 aromatic heterocycles. The van der Waals surface area contributed by atoms with Crippen LogP contribution in [-0.2, 0) is 11.2 Å². The molecule has 0 radical (unpaired) electrons. The number of aliphatic hydroxyl groups excluding tert-OH is 1. The van der Waals surface area contributed by atoms with Gasteiger partial charge < -0.3 is 20.1 Å². The summed E-state index contributed by atoms with van der Waals surface area (Å²) in [5.41, 5.74) is 3.31. The summed E-state index contributed by atoms with van der Waals surface area (Å²) in [5, 5.41) is 12.6. The molecule has 3 aromatic rings. The van der Waals surface area contributed by atoms with Crippen LogP contribution in [0.2, 0.25) is 0 Å². The molecule has 0 saturated carbocycles. The van der Waals surface area contributed by atoms with E-state index < -0.39 is 0 Å². The highest BCUT2D eigenvalue weighted by atomic mass is 16.5. The number of hydrogen-bond donors (Lipinski definition) is 3. The van der Waals surface area contributed by atoms with Crippen LogP contribution in [0.4, 0.5) is 5.69 Å². The zero-order valence-corrected chi connectivity index (χ0v) is 13.4. The predicted octanol–water partition coefficient (Wildman–Crippen LogP) is 2.42. The highest BCUT2D eigenvalue weighted by Gasteiger charge is 2.10. The first-order valence-electron chi connectivity index (χ1n) is 7.72. The van der Waals surface area contributed by atoms with Gasteiger partial charge in [-0.15, -0.1) is 0 Å². The normalized spacial score (nSPS) is 10.8. The lowest BCUT2D eigenvalue weighted by Gasteiger charge is -2.10. The Bertz CT molecular complexity index is 858.